The normalized spacial score (nSPS) is 8.88. The van der Waals surface area contributed by atoms with Crippen molar-refractivity contribution in [3.8, 4) is 11.8 Å². The summed E-state index contributed by atoms with van der Waals surface area (Å²) in [6, 6.07) is 0. The zero-order chi connectivity index (χ0) is 12.2. The summed E-state index contributed by atoms with van der Waals surface area (Å²) in [5, 5.41) is 0. The quantitative estimate of drug-likeness (QED) is 0.510. The molecule has 0 aliphatic rings. The zero-order valence-corrected chi connectivity index (χ0v) is 9.88. The highest BCUT2D eigenvalue weighted by atomic mass is 16.5. The third-order valence-corrected chi connectivity index (χ3v) is 1.64. The monoisotopic (exact) mass is 226 g/mol. The van der Waals surface area contributed by atoms with Gasteiger partial charge in [-0.15, -0.1) is 11.8 Å². The number of rotatable bonds is 6. The Morgan fingerprint density at radius 2 is 1.25 bits per heavy atom. The van der Waals surface area contributed by atoms with Crippen molar-refractivity contribution in [2.24, 2.45) is 0 Å². The van der Waals surface area contributed by atoms with Crippen LogP contribution in [0.25, 0.3) is 0 Å². The van der Waals surface area contributed by atoms with E-state index in [0.717, 1.165) is 0 Å². The van der Waals surface area contributed by atoms with Crippen LogP contribution in [-0.2, 0) is 19.1 Å². The minimum atomic E-state index is -0.234. The molecule has 0 aliphatic carbocycles. The van der Waals surface area contributed by atoms with Crippen molar-refractivity contribution in [3.63, 3.8) is 0 Å². The van der Waals surface area contributed by atoms with Gasteiger partial charge in [-0.2, -0.15) is 0 Å². The second kappa shape index (κ2) is 10.0. The van der Waals surface area contributed by atoms with Crippen molar-refractivity contribution in [3.05, 3.63) is 0 Å². The maximum atomic E-state index is 10.9. The molecule has 0 unspecified atom stereocenters. The van der Waals surface area contributed by atoms with E-state index in [2.05, 4.69) is 11.8 Å². The molecule has 0 bridgehead atoms. The summed E-state index contributed by atoms with van der Waals surface area (Å²) >= 11 is 0. The third-order valence-electron chi connectivity index (χ3n) is 1.64. The largest absolute Gasteiger partial charge is 0.466 e. The Labute approximate surface area is 96.3 Å². The fraction of sp³-hybridized carbons (Fsp3) is 0.667. The molecule has 0 amide bonds. The first-order valence-corrected chi connectivity index (χ1v) is 5.47. The molecule has 0 saturated heterocycles. The molecule has 4 heteroatoms. The van der Waals surface area contributed by atoms with Gasteiger partial charge in [0.15, 0.2) is 0 Å². The molecule has 90 valence electrons. The lowest BCUT2D eigenvalue weighted by molar-refractivity contribution is -0.143. The molecular formula is C12H18O4. The highest BCUT2D eigenvalue weighted by Gasteiger charge is 1.99. The summed E-state index contributed by atoms with van der Waals surface area (Å²) in [6.07, 6.45) is 1.56. The number of ether oxygens (including phenoxy) is 2. The highest BCUT2D eigenvalue weighted by molar-refractivity contribution is 5.70. The smallest absolute Gasteiger partial charge is 0.306 e. The molecule has 16 heavy (non-hydrogen) atoms. The molecule has 0 radical (unpaired) electrons. The van der Waals surface area contributed by atoms with Crippen molar-refractivity contribution in [1.82, 2.24) is 0 Å². The molecule has 0 heterocycles. The molecule has 0 aromatic carbocycles. The van der Waals surface area contributed by atoms with Crippen LogP contribution in [0, 0.1) is 11.8 Å². The SMILES string of the molecule is CCOC(=O)CCC#CCCC(=O)OCC. The van der Waals surface area contributed by atoms with Crippen molar-refractivity contribution in [2.45, 2.75) is 39.5 Å². The van der Waals surface area contributed by atoms with Gasteiger partial charge in [0, 0.05) is 12.8 Å². The van der Waals surface area contributed by atoms with E-state index in [-0.39, 0.29) is 11.9 Å². The molecule has 4 nitrogen and oxygen atoms in total. The molecule has 0 aliphatic heterocycles. The van der Waals surface area contributed by atoms with Crippen LogP contribution in [0.3, 0.4) is 0 Å². The average molecular weight is 226 g/mol. The average Bonchev–Trinajstić information content (AvgIpc) is 2.24. The lowest BCUT2D eigenvalue weighted by Crippen LogP contribution is -2.03. The van der Waals surface area contributed by atoms with Crippen LogP contribution < -0.4 is 0 Å². The zero-order valence-electron chi connectivity index (χ0n) is 9.88. The molecule has 0 aromatic rings. The highest BCUT2D eigenvalue weighted by Crippen LogP contribution is 1.94. The Morgan fingerprint density at radius 1 is 0.875 bits per heavy atom. The van der Waals surface area contributed by atoms with Gasteiger partial charge >= 0.3 is 11.9 Å². The molecule has 0 fully saturated rings. The number of carbonyl (C=O) groups is 2. The van der Waals surface area contributed by atoms with Crippen molar-refractivity contribution < 1.29 is 19.1 Å². The van der Waals surface area contributed by atoms with Crippen LogP contribution in [0.5, 0.6) is 0 Å². The van der Waals surface area contributed by atoms with Crippen LogP contribution in [-0.4, -0.2) is 25.2 Å². The summed E-state index contributed by atoms with van der Waals surface area (Å²) < 4.78 is 9.48. The first-order valence-electron chi connectivity index (χ1n) is 5.47. The Balaban J connectivity index is 3.48. The fourth-order valence-electron chi connectivity index (χ4n) is 0.972. The summed E-state index contributed by atoms with van der Waals surface area (Å²) in [5.41, 5.74) is 0. The van der Waals surface area contributed by atoms with E-state index >= 15 is 0 Å². The van der Waals surface area contributed by atoms with Crippen molar-refractivity contribution in [2.75, 3.05) is 13.2 Å². The van der Waals surface area contributed by atoms with Crippen LogP contribution in [0.15, 0.2) is 0 Å². The van der Waals surface area contributed by atoms with Gasteiger partial charge < -0.3 is 9.47 Å². The van der Waals surface area contributed by atoms with Gasteiger partial charge in [0.1, 0.15) is 0 Å². The lowest BCUT2D eigenvalue weighted by Gasteiger charge is -1.97. The van der Waals surface area contributed by atoms with E-state index in [1.807, 2.05) is 0 Å². The maximum Gasteiger partial charge on any atom is 0.306 e. The number of hydrogen-bond acceptors (Lipinski definition) is 4. The Hall–Kier alpha value is -1.50. The molecule has 0 spiro atoms. The maximum absolute atomic E-state index is 10.9. The van der Waals surface area contributed by atoms with Crippen LogP contribution >= 0.6 is 0 Å². The summed E-state index contributed by atoms with van der Waals surface area (Å²) in [7, 11) is 0. The predicted octanol–water partition coefficient (Wildman–Crippen LogP) is 1.68. The molecule has 0 aromatic heterocycles. The van der Waals surface area contributed by atoms with Crippen LogP contribution in [0.4, 0.5) is 0 Å². The number of carbonyl (C=O) groups excluding carboxylic acids is 2. The molecule has 0 N–H and O–H groups in total. The second-order valence-corrected chi connectivity index (χ2v) is 2.96. The Kier molecular flexibility index (Phi) is 9.09. The second-order valence-electron chi connectivity index (χ2n) is 2.96. The summed E-state index contributed by atoms with van der Waals surface area (Å²) in [6.45, 7) is 4.33. The topological polar surface area (TPSA) is 52.6 Å². The predicted molar refractivity (Wildman–Crippen MR) is 59.5 cm³/mol. The van der Waals surface area contributed by atoms with Gasteiger partial charge in [-0.3, -0.25) is 9.59 Å². The lowest BCUT2D eigenvalue weighted by atomic mass is 10.2. The fourth-order valence-corrected chi connectivity index (χ4v) is 0.972. The molecular weight excluding hydrogens is 208 g/mol. The molecule has 0 atom stereocenters. The van der Waals surface area contributed by atoms with E-state index < -0.39 is 0 Å². The van der Waals surface area contributed by atoms with Gasteiger partial charge in [0.05, 0.1) is 26.1 Å². The Bertz CT molecular complexity index is 246. The molecule has 0 saturated carbocycles. The summed E-state index contributed by atoms with van der Waals surface area (Å²) in [5.74, 6) is 5.16. The standard InChI is InChI=1S/C12H18O4/c1-3-15-11(13)9-7-5-6-8-10-12(14)16-4-2/h3-4,7-10H2,1-2H3. The number of esters is 2. The van der Waals surface area contributed by atoms with Gasteiger partial charge in [-0.25, -0.2) is 0 Å². The minimum absolute atomic E-state index is 0.234. The van der Waals surface area contributed by atoms with E-state index in [9.17, 15) is 9.59 Å². The van der Waals surface area contributed by atoms with Crippen molar-refractivity contribution >= 4 is 11.9 Å². The first kappa shape index (κ1) is 14.5. The van der Waals surface area contributed by atoms with Gasteiger partial charge in [-0.05, 0) is 13.8 Å². The van der Waals surface area contributed by atoms with Crippen LogP contribution in [0.2, 0.25) is 0 Å². The van der Waals surface area contributed by atoms with E-state index in [0.29, 0.717) is 38.9 Å². The van der Waals surface area contributed by atoms with Gasteiger partial charge in [0.2, 0.25) is 0 Å². The van der Waals surface area contributed by atoms with E-state index in [4.69, 9.17) is 9.47 Å². The van der Waals surface area contributed by atoms with Gasteiger partial charge in [0.25, 0.3) is 0 Å². The van der Waals surface area contributed by atoms with Crippen molar-refractivity contribution in [1.29, 1.82) is 0 Å². The van der Waals surface area contributed by atoms with Gasteiger partial charge in [-0.1, -0.05) is 0 Å². The van der Waals surface area contributed by atoms with E-state index in [1.54, 1.807) is 13.8 Å². The first-order chi connectivity index (χ1) is 7.70. The summed E-state index contributed by atoms with van der Waals surface area (Å²) in [4.78, 5) is 21.8. The van der Waals surface area contributed by atoms with Crippen LogP contribution in [0.1, 0.15) is 39.5 Å². The number of hydrogen-bond donors (Lipinski definition) is 0. The van der Waals surface area contributed by atoms with E-state index in [1.165, 1.54) is 0 Å². The Morgan fingerprint density at radius 3 is 1.56 bits per heavy atom. The third kappa shape index (κ3) is 9.07. The minimum Gasteiger partial charge on any atom is -0.466 e. The molecule has 0 rings (SSSR count).